The average Bonchev–Trinajstić information content (AvgIpc) is 2.83. The fourth-order valence-corrected chi connectivity index (χ4v) is 2.66. The van der Waals surface area contributed by atoms with Gasteiger partial charge in [0.25, 0.3) is 0 Å². The lowest BCUT2D eigenvalue weighted by molar-refractivity contribution is 0.0368. The Balaban J connectivity index is 2.09. The number of hydrogen-bond acceptors (Lipinski definition) is 3. The van der Waals surface area contributed by atoms with E-state index in [1.54, 1.807) is 17.5 Å². The maximum Gasteiger partial charge on any atom is 0.0953 e. The molecule has 0 radical (unpaired) electrons. The molecule has 90 valence electrons. The van der Waals surface area contributed by atoms with E-state index in [0.29, 0.717) is 12.8 Å². The molecule has 2 rings (SSSR count). The van der Waals surface area contributed by atoms with Crippen LogP contribution in [0.15, 0.2) is 41.9 Å². The highest BCUT2D eigenvalue weighted by Gasteiger charge is 2.26. The summed E-state index contributed by atoms with van der Waals surface area (Å²) in [6, 6.07) is 10.1. The zero-order valence-electron chi connectivity index (χ0n) is 9.97. The molecule has 0 spiro atoms. The Kier molecular flexibility index (Phi) is 3.92. The van der Waals surface area contributed by atoms with Gasteiger partial charge in [-0.3, -0.25) is 0 Å². The van der Waals surface area contributed by atoms with Crippen molar-refractivity contribution in [2.24, 2.45) is 0 Å². The van der Waals surface area contributed by atoms with Crippen molar-refractivity contribution in [1.29, 1.82) is 0 Å². The second-order valence-corrected chi connectivity index (χ2v) is 5.32. The van der Waals surface area contributed by atoms with E-state index in [2.05, 4.69) is 17.1 Å². The molecule has 3 heteroatoms. The highest BCUT2D eigenvalue weighted by molar-refractivity contribution is 7.09. The second-order valence-electron chi connectivity index (χ2n) is 4.34. The van der Waals surface area contributed by atoms with E-state index in [9.17, 15) is 5.11 Å². The van der Waals surface area contributed by atoms with Gasteiger partial charge in [0.2, 0.25) is 0 Å². The third kappa shape index (κ3) is 3.38. The van der Waals surface area contributed by atoms with Gasteiger partial charge in [0.15, 0.2) is 0 Å². The molecule has 1 unspecified atom stereocenters. The van der Waals surface area contributed by atoms with Crippen molar-refractivity contribution in [3.63, 3.8) is 0 Å². The van der Waals surface area contributed by atoms with Gasteiger partial charge < -0.3 is 5.11 Å². The minimum absolute atomic E-state index is 0.635. The first kappa shape index (κ1) is 12.3. The van der Waals surface area contributed by atoms with Crippen LogP contribution in [0.2, 0.25) is 0 Å². The molecule has 17 heavy (non-hydrogen) atoms. The maximum absolute atomic E-state index is 10.6. The lowest BCUT2D eigenvalue weighted by Crippen LogP contribution is -2.33. The van der Waals surface area contributed by atoms with Crippen LogP contribution in [0.25, 0.3) is 0 Å². The number of rotatable bonds is 5. The molecule has 2 aromatic rings. The summed E-state index contributed by atoms with van der Waals surface area (Å²) in [4.78, 5) is 4.25. The monoisotopic (exact) mass is 247 g/mol. The van der Waals surface area contributed by atoms with E-state index in [1.807, 2.05) is 30.5 Å². The van der Waals surface area contributed by atoms with Gasteiger partial charge in [-0.1, -0.05) is 37.3 Å². The lowest BCUT2D eigenvalue weighted by Gasteiger charge is -2.26. The Labute approximate surface area is 106 Å². The van der Waals surface area contributed by atoms with Gasteiger partial charge in [-0.05, 0) is 12.0 Å². The minimum atomic E-state index is -0.681. The van der Waals surface area contributed by atoms with Crippen LogP contribution in [0.1, 0.15) is 23.9 Å². The summed E-state index contributed by atoms with van der Waals surface area (Å²) in [5, 5.41) is 13.6. The van der Waals surface area contributed by atoms with Crippen LogP contribution < -0.4 is 0 Å². The van der Waals surface area contributed by atoms with Crippen LogP contribution >= 0.6 is 11.3 Å². The zero-order valence-corrected chi connectivity index (χ0v) is 10.8. The zero-order chi connectivity index (χ0) is 12.1. The molecule has 0 amide bonds. The molecule has 1 aromatic heterocycles. The SMILES string of the molecule is CCC(O)(Cc1ccccc1)Cc1nccs1. The van der Waals surface area contributed by atoms with Gasteiger partial charge in [0, 0.05) is 24.4 Å². The highest BCUT2D eigenvalue weighted by Crippen LogP contribution is 2.23. The van der Waals surface area contributed by atoms with Crippen molar-refractivity contribution in [3.05, 3.63) is 52.5 Å². The molecule has 1 aromatic carbocycles. The van der Waals surface area contributed by atoms with Gasteiger partial charge in [0.05, 0.1) is 10.6 Å². The Hall–Kier alpha value is -1.19. The maximum atomic E-state index is 10.6. The Morgan fingerprint density at radius 2 is 2.00 bits per heavy atom. The molecule has 2 nitrogen and oxygen atoms in total. The third-order valence-electron chi connectivity index (χ3n) is 3.00. The number of hydrogen-bond donors (Lipinski definition) is 1. The van der Waals surface area contributed by atoms with Crippen LogP contribution in [0, 0.1) is 0 Å². The average molecular weight is 247 g/mol. The van der Waals surface area contributed by atoms with E-state index < -0.39 is 5.60 Å². The van der Waals surface area contributed by atoms with Gasteiger partial charge in [-0.2, -0.15) is 0 Å². The molecular weight excluding hydrogens is 230 g/mol. The predicted octanol–water partition coefficient (Wildman–Crippen LogP) is 3.07. The Bertz CT molecular complexity index is 441. The van der Waals surface area contributed by atoms with Gasteiger partial charge in [-0.25, -0.2) is 4.98 Å². The summed E-state index contributed by atoms with van der Waals surface area (Å²) < 4.78 is 0. The first-order chi connectivity index (χ1) is 8.22. The van der Waals surface area contributed by atoms with Crippen LogP contribution in [0.5, 0.6) is 0 Å². The van der Waals surface area contributed by atoms with Crippen molar-refractivity contribution in [1.82, 2.24) is 4.98 Å². The second kappa shape index (κ2) is 5.43. The van der Waals surface area contributed by atoms with E-state index in [4.69, 9.17) is 0 Å². The fraction of sp³-hybridized carbons (Fsp3) is 0.357. The standard InChI is InChI=1S/C14H17NOS/c1-2-14(16,11-13-15-8-9-17-13)10-12-6-4-3-5-7-12/h3-9,16H,2,10-11H2,1H3. The molecule has 1 N–H and O–H groups in total. The lowest BCUT2D eigenvalue weighted by atomic mass is 9.89. The molecule has 0 saturated heterocycles. The van der Waals surface area contributed by atoms with Crippen LogP contribution in [-0.4, -0.2) is 15.7 Å². The van der Waals surface area contributed by atoms with Crippen molar-refractivity contribution >= 4 is 11.3 Å². The topological polar surface area (TPSA) is 33.1 Å². The minimum Gasteiger partial charge on any atom is -0.389 e. The third-order valence-corrected chi connectivity index (χ3v) is 3.78. The number of thiazole rings is 1. The van der Waals surface area contributed by atoms with Gasteiger partial charge >= 0.3 is 0 Å². The van der Waals surface area contributed by atoms with E-state index in [0.717, 1.165) is 11.4 Å². The van der Waals surface area contributed by atoms with Crippen molar-refractivity contribution < 1.29 is 5.11 Å². The summed E-state index contributed by atoms with van der Waals surface area (Å²) in [5.74, 6) is 0. The molecule has 0 aliphatic rings. The largest absolute Gasteiger partial charge is 0.389 e. The van der Waals surface area contributed by atoms with Gasteiger partial charge in [0.1, 0.15) is 0 Å². The van der Waals surface area contributed by atoms with Crippen LogP contribution in [0.3, 0.4) is 0 Å². The van der Waals surface area contributed by atoms with E-state index >= 15 is 0 Å². The summed E-state index contributed by atoms with van der Waals surface area (Å²) in [5.41, 5.74) is 0.493. The molecule has 0 bridgehead atoms. The summed E-state index contributed by atoms with van der Waals surface area (Å²) in [6.07, 6.45) is 3.85. The van der Waals surface area contributed by atoms with Gasteiger partial charge in [-0.15, -0.1) is 11.3 Å². The first-order valence-electron chi connectivity index (χ1n) is 5.86. The summed E-state index contributed by atoms with van der Waals surface area (Å²) >= 11 is 1.60. The normalized spacial score (nSPS) is 14.5. The molecule has 1 heterocycles. The Morgan fingerprint density at radius 3 is 2.59 bits per heavy atom. The molecule has 0 fully saturated rings. The quantitative estimate of drug-likeness (QED) is 0.881. The van der Waals surface area contributed by atoms with E-state index in [-0.39, 0.29) is 0 Å². The first-order valence-corrected chi connectivity index (χ1v) is 6.74. The number of nitrogens with zero attached hydrogens (tertiary/aromatic N) is 1. The van der Waals surface area contributed by atoms with Crippen LogP contribution in [0.4, 0.5) is 0 Å². The molecule has 1 atom stereocenters. The van der Waals surface area contributed by atoms with E-state index in [1.165, 1.54) is 5.56 Å². The summed E-state index contributed by atoms with van der Waals surface area (Å²) in [6.45, 7) is 2.02. The summed E-state index contributed by atoms with van der Waals surface area (Å²) in [7, 11) is 0. The van der Waals surface area contributed by atoms with Crippen molar-refractivity contribution in [2.75, 3.05) is 0 Å². The number of benzene rings is 1. The van der Waals surface area contributed by atoms with Crippen molar-refractivity contribution in [2.45, 2.75) is 31.8 Å². The molecule has 0 aliphatic carbocycles. The molecular formula is C14H17NOS. The molecule has 0 saturated carbocycles. The van der Waals surface area contributed by atoms with Crippen LogP contribution in [-0.2, 0) is 12.8 Å². The van der Waals surface area contributed by atoms with Crippen molar-refractivity contribution in [3.8, 4) is 0 Å². The number of aromatic nitrogens is 1. The Morgan fingerprint density at radius 1 is 1.24 bits per heavy atom. The fourth-order valence-electron chi connectivity index (χ4n) is 1.91. The predicted molar refractivity (Wildman–Crippen MR) is 71.2 cm³/mol. The highest BCUT2D eigenvalue weighted by atomic mass is 32.1. The smallest absolute Gasteiger partial charge is 0.0953 e. The molecule has 0 aliphatic heterocycles. The number of aliphatic hydroxyl groups is 1.